The molecule has 7 nitrogen and oxygen atoms in total. The normalized spacial score (nSPS) is 18.8. The van der Waals surface area contributed by atoms with Gasteiger partial charge in [0.25, 0.3) is 5.91 Å². The van der Waals surface area contributed by atoms with Crippen LogP contribution in [0.25, 0.3) is 0 Å². The molecule has 1 aliphatic heterocycles. The third-order valence-corrected chi connectivity index (χ3v) is 3.59. The van der Waals surface area contributed by atoms with Crippen molar-refractivity contribution in [2.24, 2.45) is 0 Å². The average molecular weight is 287 g/mol. The zero-order valence-corrected chi connectivity index (χ0v) is 12.0. The number of carbonyl (C=O) groups excluding carboxylic acids is 1. The minimum absolute atomic E-state index is 0.109. The van der Waals surface area contributed by atoms with Gasteiger partial charge in [-0.2, -0.15) is 5.10 Å². The molecule has 1 amide bonds. The van der Waals surface area contributed by atoms with E-state index in [0.717, 1.165) is 11.3 Å². The molecule has 1 fully saturated rings. The zero-order valence-electron chi connectivity index (χ0n) is 12.0. The number of hydrogen-bond acceptors (Lipinski definition) is 5. The number of carbonyl (C=O) groups is 1. The van der Waals surface area contributed by atoms with Crippen molar-refractivity contribution in [3.8, 4) is 0 Å². The van der Waals surface area contributed by atoms with Crippen LogP contribution in [0.5, 0.6) is 0 Å². The Hall–Kier alpha value is -2.28. The number of amides is 1. The molecule has 7 heteroatoms. The Bertz CT molecular complexity index is 654. The highest BCUT2D eigenvalue weighted by atomic mass is 16.5. The van der Waals surface area contributed by atoms with Crippen molar-refractivity contribution in [2.45, 2.75) is 19.9 Å². The predicted octanol–water partition coefficient (Wildman–Crippen LogP) is 1.03. The Labute approximate surface area is 122 Å². The number of aromatic amines is 1. The summed E-state index contributed by atoms with van der Waals surface area (Å²) in [5, 5.41) is 7.00. The molecule has 0 saturated carbocycles. The molecule has 1 atom stereocenters. The minimum Gasteiger partial charge on any atom is -0.377 e. The Morgan fingerprint density at radius 1 is 1.48 bits per heavy atom. The second-order valence-corrected chi connectivity index (χ2v) is 5.05. The van der Waals surface area contributed by atoms with E-state index in [1.54, 1.807) is 30.3 Å². The number of aryl methyl sites for hydroxylation is 2. The predicted molar refractivity (Wildman–Crippen MR) is 74.7 cm³/mol. The first-order valence-electron chi connectivity index (χ1n) is 6.85. The van der Waals surface area contributed by atoms with E-state index in [4.69, 9.17) is 4.74 Å². The second-order valence-electron chi connectivity index (χ2n) is 5.05. The molecule has 110 valence electrons. The van der Waals surface area contributed by atoms with Crippen LogP contribution < -0.4 is 0 Å². The number of morpholine rings is 1. The van der Waals surface area contributed by atoms with Crippen LogP contribution in [-0.4, -0.2) is 50.7 Å². The number of hydrogen-bond donors (Lipinski definition) is 1. The Balaban J connectivity index is 1.91. The highest BCUT2D eigenvalue weighted by molar-refractivity contribution is 5.92. The van der Waals surface area contributed by atoms with Gasteiger partial charge in [-0.05, 0) is 25.5 Å². The summed E-state index contributed by atoms with van der Waals surface area (Å²) in [4.78, 5) is 22.7. The van der Waals surface area contributed by atoms with Gasteiger partial charge in [0.2, 0.25) is 0 Å². The van der Waals surface area contributed by atoms with E-state index < -0.39 is 0 Å². The van der Waals surface area contributed by atoms with Crippen LogP contribution in [0, 0.1) is 13.8 Å². The minimum atomic E-state index is -0.163. The molecule has 1 N–H and O–H groups in total. The standard InChI is InChI=1S/C14H17N5O2/c1-9-7-16-18-13(9)12-8-21-6-5-19(12)14(20)11-3-4-15-10(2)17-11/h3-4,7,12H,5-6,8H2,1-2H3,(H,16,18). The molecule has 21 heavy (non-hydrogen) atoms. The molecular formula is C14H17N5O2. The summed E-state index contributed by atoms with van der Waals surface area (Å²) in [6, 6.07) is 1.48. The summed E-state index contributed by atoms with van der Waals surface area (Å²) in [5.74, 6) is 0.478. The lowest BCUT2D eigenvalue weighted by Gasteiger charge is -2.35. The summed E-state index contributed by atoms with van der Waals surface area (Å²) in [7, 11) is 0. The van der Waals surface area contributed by atoms with Crippen LogP contribution in [0.1, 0.15) is 33.6 Å². The fraction of sp³-hybridized carbons (Fsp3) is 0.429. The molecule has 3 rings (SSSR count). The summed E-state index contributed by atoms with van der Waals surface area (Å²) >= 11 is 0. The summed E-state index contributed by atoms with van der Waals surface area (Å²) in [6.45, 7) is 5.25. The van der Waals surface area contributed by atoms with Crippen LogP contribution in [0.3, 0.4) is 0 Å². The first-order valence-corrected chi connectivity index (χ1v) is 6.85. The summed E-state index contributed by atoms with van der Waals surface area (Å²) < 4.78 is 5.53. The maximum atomic E-state index is 12.7. The van der Waals surface area contributed by atoms with Gasteiger partial charge in [-0.25, -0.2) is 9.97 Å². The van der Waals surface area contributed by atoms with Crippen LogP contribution >= 0.6 is 0 Å². The first kappa shape index (κ1) is 13.7. The second kappa shape index (κ2) is 5.61. The molecule has 2 aromatic rings. The Morgan fingerprint density at radius 2 is 2.33 bits per heavy atom. The number of H-pyrrole nitrogens is 1. The maximum absolute atomic E-state index is 12.7. The molecule has 1 unspecified atom stereocenters. The summed E-state index contributed by atoms with van der Waals surface area (Å²) in [5.41, 5.74) is 2.34. The maximum Gasteiger partial charge on any atom is 0.273 e. The van der Waals surface area contributed by atoms with Crippen molar-refractivity contribution in [3.05, 3.63) is 41.2 Å². The van der Waals surface area contributed by atoms with E-state index >= 15 is 0 Å². The number of nitrogens with zero attached hydrogens (tertiary/aromatic N) is 4. The molecule has 0 aromatic carbocycles. The van der Waals surface area contributed by atoms with Gasteiger partial charge in [-0.1, -0.05) is 0 Å². The van der Waals surface area contributed by atoms with Gasteiger partial charge in [0.1, 0.15) is 11.5 Å². The Kier molecular flexibility index (Phi) is 3.66. The van der Waals surface area contributed by atoms with E-state index in [2.05, 4.69) is 20.2 Å². The van der Waals surface area contributed by atoms with Crippen molar-refractivity contribution < 1.29 is 9.53 Å². The topological polar surface area (TPSA) is 84.0 Å². The molecule has 0 aliphatic carbocycles. The van der Waals surface area contributed by atoms with E-state index in [1.165, 1.54) is 0 Å². The van der Waals surface area contributed by atoms with Crippen LogP contribution in [-0.2, 0) is 4.74 Å². The van der Waals surface area contributed by atoms with Gasteiger partial charge in [0.05, 0.1) is 31.1 Å². The average Bonchev–Trinajstić information content (AvgIpc) is 2.92. The van der Waals surface area contributed by atoms with Crippen LogP contribution in [0.15, 0.2) is 18.5 Å². The third kappa shape index (κ3) is 2.64. The molecule has 1 aliphatic rings. The monoisotopic (exact) mass is 287 g/mol. The molecule has 3 heterocycles. The van der Waals surface area contributed by atoms with E-state index in [0.29, 0.717) is 31.3 Å². The number of nitrogens with one attached hydrogen (secondary N) is 1. The van der Waals surface area contributed by atoms with Gasteiger partial charge >= 0.3 is 0 Å². The van der Waals surface area contributed by atoms with Crippen molar-refractivity contribution >= 4 is 5.91 Å². The van der Waals surface area contributed by atoms with Gasteiger partial charge in [-0.3, -0.25) is 9.89 Å². The molecule has 0 radical (unpaired) electrons. The molecule has 2 aromatic heterocycles. The fourth-order valence-corrected chi connectivity index (χ4v) is 2.50. The largest absolute Gasteiger partial charge is 0.377 e. The van der Waals surface area contributed by atoms with E-state index in [9.17, 15) is 4.79 Å². The molecule has 1 saturated heterocycles. The smallest absolute Gasteiger partial charge is 0.273 e. The van der Waals surface area contributed by atoms with Crippen LogP contribution in [0.4, 0.5) is 0 Å². The van der Waals surface area contributed by atoms with Crippen molar-refractivity contribution in [2.75, 3.05) is 19.8 Å². The molecule has 0 bridgehead atoms. The fourth-order valence-electron chi connectivity index (χ4n) is 2.50. The number of ether oxygens (including phenoxy) is 1. The van der Waals surface area contributed by atoms with Crippen molar-refractivity contribution in [3.63, 3.8) is 0 Å². The quantitative estimate of drug-likeness (QED) is 0.892. The summed E-state index contributed by atoms with van der Waals surface area (Å²) in [6.07, 6.45) is 3.36. The third-order valence-electron chi connectivity index (χ3n) is 3.59. The van der Waals surface area contributed by atoms with E-state index in [1.807, 2.05) is 6.92 Å². The molecule has 0 spiro atoms. The van der Waals surface area contributed by atoms with Gasteiger partial charge in [0, 0.05) is 12.7 Å². The van der Waals surface area contributed by atoms with Gasteiger partial charge < -0.3 is 9.64 Å². The SMILES string of the molecule is Cc1nccc(C(=O)N2CCOCC2c2[nH]ncc2C)n1. The van der Waals surface area contributed by atoms with Crippen LogP contribution in [0.2, 0.25) is 0 Å². The Morgan fingerprint density at radius 3 is 3.05 bits per heavy atom. The highest BCUT2D eigenvalue weighted by Gasteiger charge is 2.31. The van der Waals surface area contributed by atoms with Gasteiger partial charge in [-0.15, -0.1) is 0 Å². The number of rotatable bonds is 2. The lowest BCUT2D eigenvalue weighted by Crippen LogP contribution is -2.44. The highest BCUT2D eigenvalue weighted by Crippen LogP contribution is 2.26. The zero-order chi connectivity index (χ0) is 14.8. The molecular weight excluding hydrogens is 270 g/mol. The lowest BCUT2D eigenvalue weighted by molar-refractivity contribution is -0.00440. The first-order chi connectivity index (χ1) is 10.2. The lowest BCUT2D eigenvalue weighted by atomic mass is 10.1. The van der Waals surface area contributed by atoms with Crippen molar-refractivity contribution in [1.82, 2.24) is 25.1 Å². The van der Waals surface area contributed by atoms with Crippen molar-refractivity contribution in [1.29, 1.82) is 0 Å². The number of aromatic nitrogens is 4. The van der Waals surface area contributed by atoms with Gasteiger partial charge in [0.15, 0.2) is 0 Å². The van der Waals surface area contributed by atoms with E-state index in [-0.39, 0.29) is 11.9 Å².